The molecule has 2 atom stereocenters. The summed E-state index contributed by atoms with van der Waals surface area (Å²) >= 11 is 1.54. The van der Waals surface area contributed by atoms with E-state index in [4.69, 9.17) is 4.74 Å². The molecule has 1 aliphatic carbocycles. The van der Waals surface area contributed by atoms with E-state index in [2.05, 4.69) is 10.6 Å². The van der Waals surface area contributed by atoms with E-state index < -0.39 is 35.8 Å². The van der Waals surface area contributed by atoms with Gasteiger partial charge in [0, 0.05) is 11.3 Å². The van der Waals surface area contributed by atoms with Gasteiger partial charge in [0.25, 0.3) is 5.91 Å². The van der Waals surface area contributed by atoms with Gasteiger partial charge in [-0.3, -0.25) is 9.59 Å². The normalized spacial score (nSPS) is 18.2. The first kappa shape index (κ1) is 35.5. The Bertz CT molecular complexity index is 1790. The summed E-state index contributed by atoms with van der Waals surface area (Å²) in [6, 6.07) is 25.8. The van der Waals surface area contributed by atoms with E-state index in [1.807, 2.05) is 36.4 Å². The molecule has 1 fully saturated rings. The number of unbranched alkanes of at least 4 members (excludes halogenated alkanes) is 1. The van der Waals surface area contributed by atoms with E-state index in [0.29, 0.717) is 59.3 Å². The smallest absolute Gasteiger partial charge is 0.365 e. The maximum atomic E-state index is 13.7. The van der Waals surface area contributed by atoms with E-state index in [9.17, 15) is 35.9 Å². The Balaban J connectivity index is 1.05. The molecule has 50 heavy (non-hydrogen) atoms. The van der Waals surface area contributed by atoms with Crippen molar-refractivity contribution < 1.29 is 40.7 Å². The van der Waals surface area contributed by atoms with Crippen LogP contribution in [0.25, 0.3) is 22.3 Å². The van der Waals surface area contributed by atoms with Crippen LogP contribution in [0.15, 0.2) is 97.1 Å². The predicted octanol–water partition coefficient (Wildman–Crippen LogP) is 8.77. The average Bonchev–Trinajstić information content (AvgIpc) is 3.39. The molecule has 12 heteroatoms. The molecule has 2 aliphatic rings. The molecule has 0 spiro atoms. The molecule has 4 aromatic rings. The van der Waals surface area contributed by atoms with Gasteiger partial charge in [-0.15, -0.1) is 11.8 Å². The zero-order valence-corrected chi connectivity index (χ0v) is 27.6. The van der Waals surface area contributed by atoms with Crippen LogP contribution in [-0.2, 0) is 21.1 Å². The maximum absolute atomic E-state index is 13.7. The zero-order chi connectivity index (χ0) is 35.5. The van der Waals surface area contributed by atoms with Crippen molar-refractivity contribution in [1.82, 2.24) is 10.6 Å². The van der Waals surface area contributed by atoms with E-state index in [1.54, 1.807) is 48.2 Å². The van der Waals surface area contributed by atoms with Crippen LogP contribution in [0, 0.1) is 0 Å². The highest BCUT2D eigenvalue weighted by Gasteiger charge is 2.49. The van der Waals surface area contributed by atoms with Crippen LogP contribution in [0.1, 0.15) is 52.7 Å². The van der Waals surface area contributed by atoms with Gasteiger partial charge in [0.2, 0.25) is 5.91 Å². The van der Waals surface area contributed by atoms with Crippen LogP contribution in [0.3, 0.4) is 0 Å². The Kier molecular flexibility index (Phi) is 10.3. The van der Waals surface area contributed by atoms with Crippen LogP contribution in [-0.4, -0.2) is 48.4 Å². The van der Waals surface area contributed by atoms with Gasteiger partial charge >= 0.3 is 12.4 Å². The summed E-state index contributed by atoms with van der Waals surface area (Å²) in [5.41, 5.74) is 2.21. The molecule has 0 radical (unpaired) electrons. The highest BCUT2D eigenvalue weighted by Crippen LogP contribution is 2.51. The summed E-state index contributed by atoms with van der Waals surface area (Å²) in [7, 11) is 0. The number of nitrogens with one attached hydrogen (secondary N) is 2. The molecule has 6 rings (SSSR count). The first-order chi connectivity index (χ1) is 23.9. The summed E-state index contributed by atoms with van der Waals surface area (Å²) in [4.78, 5) is 27.0. The minimum Gasteiger partial charge on any atom is -0.365 e. The van der Waals surface area contributed by atoms with Gasteiger partial charge < -0.3 is 15.4 Å². The fraction of sp³-hybridized carbons (Fsp3) is 0.316. The van der Waals surface area contributed by atoms with Crippen molar-refractivity contribution >= 4 is 23.6 Å². The summed E-state index contributed by atoms with van der Waals surface area (Å²) in [6.07, 6.45) is -6.82. The lowest BCUT2D eigenvalue weighted by Gasteiger charge is -2.32. The van der Waals surface area contributed by atoms with Gasteiger partial charge in [0.15, 0.2) is 0 Å². The van der Waals surface area contributed by atoms with Gasteiger partial charge in [-0.25, -0.2) is 0 Å². The Morgan fingerprint density at radius 2 is 1.38 bits per heavy atom. The number of carbonyl (C=O) groups excluding carboxylic acids is 2. The third-order valence-corrected chi connectivity index (χ3v) is 10.5. The number of rotatable bonds is 10. The molecule has 1 heterocycles. The quantitative estimate of drug-likeness (QED) is 0.128. The van der Waals surface area contributed by atoms with Gasteiger partial charge in [-0.1, -0.05) is 85.3 Å². The number of hydrogen-bond donors (Lipinski definition) is 2. The van der Waals surface area contributed by atoms with Crippen molar-refractivity contribution in [1.29, 1.82) is 0 Å². The van der Waals surface area contributed by atoms with Gasteiger partial charge in [0.1, 0.15) is 17.4 Å². The monoisotopic (exact) mass is 712 g/mol. The molecule has 5 nitrogen and oxygen atoms in total. The highest BCUT2D eigenvalue weighted by molar-refractivity contribution is 7.99. The SMILES string of the molecule is O=C(N[C@@H]1CO[C@@H](CCCCC2(C(=O)NCC(F)(F)F)c3ccccc3-c3ccccc32)SC1)c1ccccc1-c1ccc(C(F)(F)F)cc1. The number of carbonyl (C=O) groups is 2. The lowest BCUT2D eigenvalue weighted by molar-refractivity contribution is -0.141. The van der Waals surface area contributed by atoms with E-state index in [-0.39, 0.29) is 24.0 Å². The molecule has 262 valence electrons. The summed E-state index contributed by atoms with van der Waals surface area (Å²) in [6.45, 7) is -1.15. The standard InChI is InChI=1S/C38H34F6N2O3S/c39-37(40,41)23-45-35(48)36(31-13-5-3-10-28(31)29-11-4-6-14-32(29)36)20-8-7-15-33-49-21-26(22-50-33)46-34(47)30-12-2-1-9-27(30)24-16-18-25(19-17-24)38(42,43)44/h1-6,9-14,16-19,26,33H,7-8,15,20-23H2,(H,45,48)(H,46,47)/t26-,33-/m1/s1. The highest BCUT2D eigenvalue weighted by atomic mass is 32.2. The summed E-state index contributed by atoms with van der Waals surface area (Å²) in [5, 5.41) is 5.14. The van der Waals surface area contributed by atoms with Crippen LogP contribution in [0.5, 0.6) is 0 Å². The molecule has 1 saturated heterocycles. The first-order valence-electron chi connectivity index (χ1n) is 16.2. The number of halogens is 6. The Hall–Kier alpha value is -4.29. The molecule has 2 amide bonds. The second-order valence-corrected chi connectivity index (χ2v) is 13.6. The number of thioether (sulfide) groups is 1. The molecule has 0 bridgehead atoms. The molecule has 4 aromatic carbocycles. The minimum absolute atomic E-state index is 0.166. The van der Waals surface area contributed by atoms with Crippen molar-refractivity contribution in [2.75, 3.05) is 18.9 Å². The lowest BCUT2D eigenvalue weighted by Crippen LogP contribution is -2.47. The third kappa shape index (κ3) is 7.56. The molecule has 0 saturated carbocycles. The molecule has 2 N–H and O–H groups in total. The van der Waals surface area contributed by atoms with Crippen LogP contribution >= 0.6 is 11.8 Å². The number of alkyl halides is 6. The maximum Gasteiger partial charge on any atom is 0.416 e. The number of benzene rings is 4. The molecule has 0 aromatic heterocycles. The topological polar surface area (TPSA) is 67.4 Å². The largest absolute Gasteiger partial charge is 0.416 e. The van der Waals surface area contributed by atoms with Gasteiger partial charge in [-0.2, -0.15) is 26.3 Å². The first-order valence-corrected chi connectivity index (χ1v) is 17.3. The second kappa shape index (κ2) is 14.5. The predicted molar refractivity (Wildman–Crippen MR) is 181 cm³/mol. The van der Waals surface area contributed by atoms with Gasteiger partial charge in [0.05, 0.1) is 18.2 Å². The fourth-order valence-electron chi connectivity index (χ4n) is 6.81. The Morgan fingerprint density at radius 3 is 1.96 bits per heavy atom. The minimum atomic E-state index is -4.54. The van der Waals surface area contributed by atoms with Crippen molar-refractivity contribution in [3.05, 3.63) is 119 Å². The lowest BCUT2D eigenvalue weighted by atomic mass is 9.73. The molecular formula is C38H34F6N2O3S. The van der Waals surface area contributed by atoms with Crippen LogP contribution < -0.4 is 10.6 Å². The van der Waals surface area contributed by atoms with E-state index in [1.165, 1.54) is 12.1 Å². The summed E-state index contributed by atoms with van der Waals surface area (Å²) < 4.78 is 84.7. The van der Waals surface area contributed by atoms with Crippen molar-refractivity contribution in [2.24, 2.45) is 0 Å². The van der Waals surface area contributed by atoms with E-state index in [0.717, 1.165) is 23.3 Å². The Labute approximate surface area is 289 Å². The number of amides is 2. The van der Waals surface area contributed by atoms with Gasteiger partial charge in [-0.05, 0) is 70.8 Å². The van der Waals surface area contributed by atoms with Crippen LogP contribution in [0.2, 0.25) is 0 Å². The van der Waals surface area contributed by atoms with Crippen molar-refractivity contribution in [3.8, 4) is 22.3 Å². The average molecular weight is 713 g/mol. The molecular weight excluding hydrogens is 678 g/mol. The summed E-state index contributed by atoms with van der Waals surface area (Å²) in [5.74, 6) is -0.461. The number of hydrogen-bond acceptors (Lipinski definition) is 4. The zero-order valence-electron chi connectivity index (χ0n) is 26.7. The molecule has 1 aliphatic heterocycles. The van der Waals surface area contributed by atoms with Crippen LogP contribution in [0.4, 0.5) is 26.3 Å². The van der Waals surface area contributed by atoms with Crippen molar-refractivity contribution in [2.45, 2.75) is 54.9 Å². The van der Waals surface area contributed by atoms with E-state index >= 15 is 0 Å². The number of ether oxygens (including phenoxy) is 1. The molecule has 0 unspecified atom stereocenters. The second-order valence-electron chi connectivity index (χ2n) is 12.4. The fourth-order valence-corrected chi connectivity index (χ4v) is 7.95. The van der Waals surface area contributed by atoms with Crippen molar-refractivity contribution in [3.63, 3.8) is 0 Å². The Morgan fingerprint density at radius 1 is 0.780 bits per heavy atom. The third-order valence-electron chi connectivity index (χ3n) is 9.14. The number of fused-ring (bicyclic) bond motifs is 3.